The number of aromatic nitrogens is 1. The number of carbonyl (C=O) groups excluding carboxylic acids is 1. The van der Waals surface area contributed by atoms with E-state index in [0.717, 1.165) is 31.7 Å². The topological polar surface area (TPSA) is 79.6 Å². The predicted molar refractivity (Wildman–Crippen MR) is 77.0 cm³/mol. The van der Waals surface area contributed by atoms with Crippen molar-refractivity contribution in [2.24, 2.45) is 5.92 Å². The minimum absolute atomic E-state index is 0.00227. The van der Waals surface area contributed by atoms with Crippen LogP contribution in [0.25, 0.3) is 0 Å². The summed E-state index contributed by atoms with van der Waals surface area (Å²) in [5.74, 6) is 1.27. The van der Waals surface area contributed by atoms with E-state index in [4.69, 9.17) is 0 Å². The van der Waals surface area contributed by atoms with Crippen molar-refractivity contribution < 1.29 is 9.72 Å². The molecule has 1 aromatic heterocycles. The molecule has 0 spiro atoms. The Morgan fingerprint density at radius 2 is 1.95 bits per heavy atom. The molecule has 0 bridgehead atoms. The number of amides is 1. The van der Waals surface area contributed by atoms with Crippen molar-refractivity contribution in [1.29, 1.82) is 0 Å². The second-order valence-electron chi connectivity index (χ2n) is 5.57. The zero-order valence-corrected chi connectivity index (χ0v) is 11.8. The van der Waals surface area contributed by atoms with Crippen molar-refractivity contribution >= 4 is 17.4 Å². The Hall–Kier alpha value is -2.18. The van der Waals surface area contributed by atoms with E-state index >= 15 is 0 Å². The van der Waals surface area contributed by atoms with Crippen molar-refractivity contribution in [2.75, 3.05) is 31.1 Å². The average molecular weight is 290 g/mol. The Morgan fingerprint density at radius 1 is 1.24 bits per heavy atom. The number of anilines is 1. The third-order valence-corrected chi connectivity index (χ3v) is 4.31. The van der Waals surface area contributed by atoms with Crippen LogP contribution in [0, 0.1) is 16.0 Å². The molecule has 2 fully saturated rings. The number of rotatable bonds is 3. The van der Waals surface area contributed by atoms with E-state index in [0.29, 0.717) is 13.1 Å². The van der Waals surface area contributed by atoms with Gasteiger partial charge in [-0.25, -0.2) is 4.98 Å². The molecule has 2 aliphatic rings. The predicted octanol–water partition coefficient (Wildman–Crippen LogP) is 1.44. The van der Waals surface area contributed by atoms with E-state index in [1.165, 1.54) is 18.7 Å². The summed E-state index contributed by atoms with van der Waals surface area (Å²) in [6.45, 7) is 2.86. The number of pyridine rings is 1. The molecule has 1 aliphatic carbocycles. The first-order chi connectivity index (χ1) is 10.1. The highest BCUT2D eigenvalue weighted by Gasteiger charge is 2.31. The lowest BCUT2D eigenvalue weighted by molar-refractivity contribution is -0.385. The number of hydrogen-bond donors (Lipinski definition) is 0. The smallest absolute Gasteiger partial charge is 0.287 e. The van der Waals surface area contributed by atoms with E-state index in [1.807, 2.05) is 4.90 Å². The van der Waals surface area contributed by atoms with E-state index < -0.39 is 4.92 Å². The number of piperazine rings is 1. The zero-order valence-electron chi connectivity index (χ0n) is 11.8. The van der Waals surface area contributed by atoms with Gasteiger partial charge in [0.25, 0.3) is 5.69 Å². The van der Waals surface area contributed by atoms with Crippen LogP contribution in [-0.4, -0.2) is 46.9 Å². The van der Waals surface area contributed by atoms with E-state index in [2.05, 4.69) is 9.88 Å². The van der Waals surface area contributed by atoms with Gasteiger partial charge in [0, 0.05) is 38.2 Å². The maximum atomic E-state index is 12.2. The highest BCUT2D eigenvalue weighted by molar-refractivity contribution is 5.79. The molecule has 0 radical (unpaired) electrons. The molecule has 21 heavy (non-hydrogen) atoms. The van der Waals surface area contributed by atoms with Gasteiger partial charge in [0.1, 0.15) is 12.0 Å². The zero-order chi connectivity index (χ0) is 14.8. The van der Waals surface area contributed by atoms with Gasteiger partial charge in [0.2, 0.25) is 5.91 Å². The van der Waals surface area contributed by atoms with Gasteiger partial charge in [0.05, 0.1) is 4.92 Å². The number of carbonyl (C=O) groups is 1. The highest BCUT2D eigenvalue weighted by Crippen LogP contribution is 2.28. The SMILES string of the molecule is O=C(C1CCC1)N1CCN(c2ccc([N+](=O)[O-])cn2)CC1. The van der Waals surface area contributed by atoms with Crippen LogP contribution in [-0.2, 0) is 4.79 Å². The third-order valence-electron chi connectivity index (χ3n) is 4.31. The van der Waals surface area contributed by atoms with Crippen LogP contribution in [0.15, 0.2) is 18.3 Å². The van der Waals surface area contributed by atoms with Gasteiger partial charge in [-0.2, -0.15) is 0 Å². The molecule has 0 N–H and O–H groups in total. The Balaban J connectivity index is 1.57. The van der Waals surface area contributed by atoms with Crippen LogP contribution in [0.1, 0.15) is 19.3 Å². The first kappa shape index (κ1) is 13.8. The van der Waals surface area contributed by atoms with Crippen molar-refractivity contribution in [2.45, 2.75) is 19.3 Å². The van der Waals surface area contributed by atoms with Gasteiger partial charge in [-0.15, -0.1) is 0 Å². The van der Waals surface area contributed by atoms with E-state index in [1.54, 1.807) is 6.07 Å². The second-order valence-corrected chi connectivity index (χ2v) is 5.57. The number of nitrogens with zero attached hydrogens (tertiary/aromatic N) is 4. The summed E-state index contributed by atoms with van der Waals surface area (Å²) < 4.78 is 0. The fourth-order valence-corrected chi connectivity index (χ4v) is 2.74. The molecule has 7 nitrogen and oxygen atoms in total. The van der Waals surface area contributed by atoms with Gasteiger partial charge < -0.3 is 9.80 Å². The van der Waals surface area contributed by atoms with Gasteiger partial charge in [-0.1, -0.05) is 6.42 Å². The van der Waals surface area contributed by atoms with Gasteiger partial charge in [-0.3, -0.25) is 14.9 Å². The van der Waals surface area contributed by atoms with Crippen LogP contribution in [0.2, 0.25) is 0 Å². The molecule has 0 atom stereocenters. The molecule has 2 heterocycles. The summed E-state index contributed by atoms with van der Waals surface area (Å²) in [7, 11) is 0. The summed E-state index contributed by atoms with van der Waals surface area (Å²) in [6.07, 6.45) is 4.51. The molecule has 1 saturated heterocycles. The molecule has 112 valence electrons. The minimum Gasteiger partial charge on any atom is -0.353 e. The quantitative estimate of drug-likeness (QED) is 0.621. The fraction of sp³-hybridized carbons (Fsp3) is 0.571. The number of hydrogen-bond acceptors (Lipinski definition) is 5. The number of nitro groups is 1. The largest absolute Gasteiger partial charge is 0.353 e. The van der Waals surface area contributed by atoms with Crippen molar-refractivity contribution in [3.63, 3.8) is 0 Å². The molecule has 0 aromatic carbocycles. The lowest BCUT2D eigenvalue weighted by atomic mass is 9.84. The summed E-state index contributed by atoms with van der Waals surface area (Å²) >= 11 is 0. The third kappa shape index (κ3) is 2.81. The Morgan fingerprint density at radius 3 is 2.43 bits per heavy atom. The van der Waals surface area contributed by atoms with Crippen LogP contribution >= 0.6 is 0 Å². The standard InChI is InChI=1S/C14H18N4O3/c19-14(11-2-1-3-11)17-8-6-16(7-9-17)13-5-4-12(10-15-13)18(20)21/h4-5,10-11H,1-3,6-9H2. The maximum Gasteiger partial charge on any atom is 0.287 e. The molecule has 1 saturated carbocycles. The van der Waals surface area contributed by atoms with Crippen LogP contribution in [0.4, 0.5) is 11.5 Å². The van der Waals surface area contributed by atoms with E-state index in [-0.39, 0.29) is 17.5 Å². The van der Waals surface area contributed by atoms with Crippen molar-refractivity contribution in [1.82, 2.24) is 9.88 Å². The van der Waals surface area contributed by atoms with Crippen LogP contribution in [0.3, 0.4) is 0 Å². The minimum atomic E-state index is -0.452. The van der Waals surface area contributed by atoms with Gasteiger partial charge in [-0.05, 0) is 18.9 Å². The summed E-state index contributed by atoms with van der Waals surface area (Å²) in [6, 6.07) is 3.13. The molecular weight excluding hydrogens is 272 g/mol. The second kappa shape index (κ2) is 5.67. The lowest BCUT2D eigenvalue weighted by Crippen LogP contribution is -2.51. The maximum absolute atomic E-state index is 12.2. The van der Waals surface area contributed by atoms with Crippen LogP contribution < -0.4 is 4.90 Å². The van der Waals surface area contributed by atoms with E-state index in [9.17, 15) is 14.9 Å². The summed E-state index contributed by atoms with van der Waals surface area (Å²) in [4.78, 5) is 30.5. The first-order valence-electron chi connectivity index (χ1n) is 7.29. The van der Waals surface area contributed by atoms with Crippen molar-refractivity contribution in [3.05, 3.63) is 28.4 Å². The van der Waals surface area contributed by atoms with Gasteiger partial charge in [0.15, 0.2) is 0 Å². The van der Waals surface area contributed by atoms with Gasteiger partial charge >= 0.3 is 0 Å². The van der Waals surface area contributed by atoms with Crippen LogP contribution in [0.5, 0.6) is 0 Å². The lowest BCUT2D eigenvalue weighted by Gasteiger charge is -2.38. The van der Waals surface area contributed by atoms with Crippen molar-refractivity contribution in [3.8, 4) is 0 Å². The summed E-state index contributed by atoms with van der Waals surface area (Å²) in [5.41, 5.74) is -0.00227. The first-order valence-corrected chi connectivity index (χ1v) is 7.29. The molecular formula is C14H18N4O3. The molecule has 1 amide bonds. The average Bonchev–Trinajstić information content (AvgIpc) is 2.46. The molecule has 1 aliphatic heterocycles. The molecule has 0 unspecified atom stereocenters. The Labute approximate surface area is 122 Å². The highest BCUT2D eigenvalue weighted by atomic mass is 16.6. The Kier molecular flexibility index (Phi) is 3.72. The molecule has 3 rings (SSSR count). The fourth-order valence-electron chi connectivity index (χ4n) is 2.74. The Bertz CT molecular complexity index is 534. The monoisotopic (exact) mass is 290 g/mol. The summed E-state index contributed by atoms with van der Waals surface area (Å²) in [5, 5.41) is 10.6. The normalized spacial score (nSPS) is 19.2. The molecule has 7 heteroatoms. The molecule has 1 aromatic rings.